The Hall–Kier alpha value is -0.760. The van der Waals surface area contributed by atoms with E-state index in [0.29, 0.717) is 6.04 Å². The summed E-state index contributed by atoms with van der Waals surface area (Å²) in [6.07, 6.45) is 1.06. The molecule has 62 valence electrons. The van der Waals surface area contributed by atoms with Crippen LogP contribution in [0, 0.1) is 6.92 Å². The molecule has 0 amide bonds. The quantitative estimate of drug-likeness (QED) is 0.720. The molecule has 0 saturated carbocycles. The normalized spacial score (nSPS) is 13.4. The monoisotopic (exact) mass is 153 g/mol. The summed E-state index contributed by atoms with van der Waals surface area (Å²) < 4.78 is 5.46. The Balaban J connectivity index is 2.73. The molecule has 0 bridgehead atoms. The van der Waals surface area contributed by atoms with Crippen LogP contribution in [0.25, 0.3) is 0 Å². The van der Waals surface area contributed by atoms with Gasteiger partial charge in [0.25, 0.3) is 0 Å². The molecule has 0 spiro atoms. The van der Waals surface area contributed by atoms with E-state index in [1.165, 1.54) is 0 Å². The highest BCUT2D eigenvalue weighted by Crippen LogP contribution is 2.17. The minimum absolute atomic E-state index is 0.365. The van der Waals surface area contributed by atoms with Crippen LogP contribution in [-0.4, -0.2) is 7.05 Å². The highest BCUT2D eigenvalue weighted by Gasteiger charge is 2.09. The van der Waals surface area contributed by atoms with Crippen molar-refractivity contribution < 1.29 is 4.42 Å². The molecular weight excluding hydrogens is 138 g/mol. The summed E-state index contributed by atoms with van der Waals surface area (Å²) in [7, 11) is 1.95. The molecule has 0 fully saturated rings. The van der Waals surface area contributed by atoms with Gasteiger partial charge in [-0.05, 0) is 32.5 Å². The van der Waals surface area contributed by atoms with Gasteiger partial charge in [-0.2, -0.15) is 0 Å². The molecule has 1 atom stereocenters. The van der Waals surface area contributed by atoms with E-state index in [0.717, 1.165) is 17.9 Å². The Morgan fingerprint density at radius 3 is 2.64 bits per heavy atom. The van der Waals surface area contributed by atoms with Crippen LogP contribution in [0.2, 0.25) is 0 Å². The molecule has 0 aromatic carbocycles. The number of rotatable bonds is 3. The van der Waals surface area contributed by atoms with Crippen LogP contribution in [0.1, 0.15) is 30.9 Å². The lowest BCUT2D eigenvalue weighted by molar-refractivity contribution is 0.410. The third-order valence-corrected chi connectivity index (χ3v) is 1.86. The zero-order valence-electron chi connectivity index (χ0n) is 7.35. The minimum atomic E-state index is 0.365. The lowest BCUT2D eigenvalue weighted by Crippen LogP contribution is -2.14. The molecule has 1 heterocycles. The molecule has 2 heteroatoms. The molecule has 1 aromatic rings. The third kappa shape index (κ3) is 1.84. The molecule has 0 aliphatic carbocycles. The lowest BCUT2D eigenvalue weighted by atomic mass is 10.2. The number of hydrogen-bond acceptors (Lipinski definition) is 2. The van der Waals surface area contributed by atoms with Crippen LogP contribution in [0.15, 0.2) is 16.5 Å². The van der Waals surface area contributed by atoms with Crippen LogP contribution in [0.5, 0.6) is 0 Å². The van der Waals surface area contributed by atoms with Crippen molar-refractivity contribution in [2.75, 3.05) is 7.05 Å². The van der Waals surface area contributed by atoms with Gasteiger partial charge in [-0.25, -0.2) is 0 Å². The molecule has 0 saturated heterocycles. The summed E-state index contributed by atoms with van der Waals surface area (Å²) >= 11 is 0. The van der Waals surface area contributed by atoms with Gasteiger partial charge in [-0.1, -0.05) is 6.92 Å². The van der Waals surface area contributed by atoms with Crippen molar-refractivity contribution in [3.63, 3.8) is 0 Å². The van der Waals surface area contributed by atoms with E-state index in [9.17, 15) is 0 Å². The number of aryl methyl sites for hydroxylation is 1. The van der Waals surface area contributed by atoms with Crippen molar-refractivity contribution in [2.45, 2.75) is 26.3 Å². The van der Waals surface area contributed by atoms with Crippen LogP contribution in [0.3, 0.4) is 0 Å². The second-order valence-electron chi connectivity index (χ2n) is 2.70. The van der Waals surface area contributed by atoms with E-state index >= 15 is 0 Å². The van der Waals surface area contributed by atoms with Gasteiger partial charge in [0.1, 0.15) is 11.5 Å². The Kier molecular flexibility index (Phi) is 2.71. The van der Waals surface area contributed by atoms with Crippen LogP contribution >= 0.6 is 0 Å². The van der Waals surface area contributed by atoms with Gasteiger partial charge < -0.3 is 9.73 Å². The maximum absolute atomic E-state index is 5.46. The van der Waals surface area contributed by atoms with E-state index in [4.69, 9.17) is 4.42 Å². The predicted molar refractivity (Wildman–Crippen MR) is 45.5 cm³/mol. The summed E-state index contributed by atoms with van der Waals surface area (Å²) in [5, 5.41) is 3.19. The van der Waals surface area contributed by atoms with E-state index in [2.05, 4.69) is 12.2 Å². The molecule has 0 aliphatic rings. The van der Waals surface area contributed by atoms with Crippen molar-refractivity contribution in [1.29, 1.82) is 0 Å². The predicted octanol–water partition coefficient (Wildman–Crippen LogP) is 2.26. The highest BCUT2D eigenvalue weighted by molar-refractivity contribution is 5.09. The smallest absolute Gasteiger partial charge is 0.121 e. The average Bonchev–Trinajstić information content (AvgIpc) is 2.39. The first-order valence-electron chi connectivity index (χ1n) is 4.01. The fraction of sp³-hybridized carbons (Fsp3) is 0.556. The van der Waals surface area contributed by atoms with E-state index in [-0.39, 0.29) is 0 Å². The molecule has 0 radical (unpaired) electrons. The summed E-state index contributed by atoms with van der Waals surface area (Å²) in [5.74, 6) is 2.02. The van der Waals surface area contributed by atoms with Gasteiger partial charge in [0.05, 0.1) is 6.04 Å². The summed E-state index contributed by atoms with van der Waals surface area (Å²) in [6, 6.07) is 4.39. The standard InChI is InChI=1S/C9H15NO/c1-4-8(10-3)9-6-5-7(2)11-9/h5-6,8,10H,4H2,1-3H3. The van der Waals surface area contributed by atoms with Gasteiger partial charge in [-0.3, -0.25) is 0 Å². The average molecular weight is 153 g/mol. The molecule has 2 nitrogen and oxygen atoms in total. The van der Waals surface area contributed by atoms with Crippen molar-refractivity contribution in [3.8, 4) is 0 Å². The Morgan fingerprint density at radius 1 is 1.55 bits per heavy atom. The second kappa shape index (κ2) is 3.58. The highest BCUT2D eigenvalue weighted by atomic mass is 16.3. The fourth-order valence-electron chi connectivity index (χ4n) is 1.19. The Labute approximate surface area is 67.6 Å². The summed E-state index contributed by atoms with van der Waals surface area (Å²) in [4.78, 5) is 0. The van der Waals surface area contributed by atoms with Crippen molar-refractivity contribution in [2.24, 2.45) is 0 Å². The molecule has 1 rings (SSSR count). The zero-order chi connectivity index (χ0) is 8.27. The number of furan rings is 1. The van der Waals surface area contributed by atoms with Crippen molar-refractivity contribution >= 4 is 0 Å². The molecular formula is C9H15NO. The maximum Gasteiger partial charge on any atom is 0.121 e. The van der Waals surface area contributed by atoms with E-state index < -0.39 is 0 Å². The van der Waals surface area contributed by atoms with Gasteiger partial charge in [0.15, 0.2) is 0 Å². The fourth-order valence-corrected chi connectivity index (χ4v) is 1.19. The van der Waals surface area contributed by atoms with E-state index in [1.54, 1.807) is 0 Å². The second-order valence-corrected chi connectivity index (χ2v) is 2.70. The van der Waals surface area contributed by atoms with Gasteiger partial charge in [0.2, 0.25) is 0 Å². The largest absolute Gasteiger partial charge is 0.465 e. The summed E-state index contributed by atoms with van der Waals surface area (Å²) in [5.41, 5.74) is 0. The van der Waals surface area contributed by atoms with Crippen LogP contribution < -0.4 is 5.32 Å². The number of hydrogen-bond donors (Lipinski definition) is 1. The summed E-state index contributed by atoms with van der Waals surface area (Å²) in [6.45, 7) is 4.10. The van der Waals surface area contributed by atoms with Crippen molar-refractivity contribution in [1.82, 2.24) is 5.32 Å². The van der Waals surface area contributed by atoms with Gasteiger partial charge >= 0.3 is 0 Å². The first-order valence-corrected chi connectivity index (χ1v) is 4.01. The molecule has 1 aromatic heterocycles. The number of nitrogens with one attached hydrogen (secondary N) is 1. The SMILES string of the molecule is CCC(NC)c1ccc(C)o1. The Bertz CT molecular complexity index is 213. The van der Waals surface area contributed by atoms with Crippen LogP contribution in [0.4, 0.5) is 0 Å². The zero-order valence-corrected chi connectivity index (χ0v) is 7.35. The van der Waals surface area contributed by atoms with E-state index in [1.807, 2.05) is 26.1 Å². The Morgan fingerprint density at radius 2 is 2.27 bits per heavy atom. The molecule has 1 unspecified atom stereocenters. The topological polar surface area (TPSA) is 25.2 Å². The third-order valence-electron chi connectivity index (χ3n) is 1.86. The molecule has 1 N–H and O–H groups in total. The molecule has 0 aliphatic heterocycles. The van der Waals surface area contributed by atoms with Gasteiger partial charge in [-0.15, -0.1) is 0 Å². The minimum Gasteiger partial charge on any atom is -0.465 e. The first kappa shape index (κ1) is 8.34. The maximum atomic E-state index is 5.46. The van der Waals surface area contributed by atoms with Crippen LogP contribution in [-0.2, 0) is 0 Å². The lowest BCUT2D eigenvalue weighted by Gasteiger charge is -2.09. The molecule has 11 heavy (non-hydrogen) atoms. The van der Waals surface area contributed by atoms with Gasteiger partial charge in [0, 0.05) is 0 Å². The first-order chi connectivity index (χ1) is 5.27. The van der Waals surface area contributed by atoms with Crippen molar-refractivity contribution in [3.05, 3.63) is 23.7 Å².